The molecular formula is C55H96O5. The highest BCUT2D eigenvalue weighted by Gasteiger charge is 2.17. The first-order valence-electron chi connectivity index (χ1n) is 25.5. The maximum atomic E-state index is 12.7. The fourth-order valence-electron chi connectivity index (χ4n) is 6.94. The molecule has 0 aliphatic heterocycles. The van der Waals surface area contributed by atoms with Crippen molar-refractivity contribution in [3.63, 3.8) is 0 Å². The number of hydrogen-bond donors (Lipinski definition) is 0. The minimum absolute atomic E-state index is 0.0756. The second-order valence-electron chi connectivity index (χ2n) is 16.7. The smallest absolute Gasteiger partial charge is 0.306 e. The molecule has 0 aromatic heterocycles. The second kappa shape index (κ2) is 50.7. The SMILES string of the molecule is CC/C=C\C/C=C\C/C=C\C/C=C\CCCCCCCCCOCC(COC(=O)CCCCCCCCC/C=C\C/C=C\CCCCC)OC(=O)CCCCCCCCC. The molecule has 1 unspecified atom stereocenters. The van der Waals surface area contributed by atoms with Gasteiger partial charge in [0.1, 0.15) is 6.61 Å². The molecule has 0 saturated carbocycles. The topological polar surface area (TPSA) is 61.8 Å². The molecule has 60 heavy (non-hydrogen) atoms. The molecule has 5 heteroatoms. The molecule has 0 heterocycles. The zero-order valence-corrected chi connectivity index (χ0v) is 39.7. The van der Waals surface area contributed by atoms with Gasteiger partial charge < -0.3 is 14.2 Å². The average Bonchev–Trinajstić information content (AvgIpc) is 3.25. The van der Waals surface area contributed by atoms with Crippen molar-refractivity contribution >= 4 is 11.9 Å². The molecule has 0 rings (SSSR count). The Morgan fingerprint density at radius 1 is 0.383 bits per heavy atom. The summed E-state index contributed by atoms with van der Waals surface area (Å²) in [7, 11) is 0. The van der Waals surface area contributed by atoms with Gasteiger partial charge in [-0.05, 0) is 89.9 Å². The summed E-state index contributed by atoms with van der Waals surface area (Å²) in [5.41, 5.74) is 0. The number of hydrogen-bond acceptors (Lipinski definition) is 5. The summed E-state index contributed by atoms with van der Waals surface area (Å²) in [4.78, 5) is 25.2. The molecule has 0 spiro atoms. The van der Waals surface area contributed by atoms with E-state index in [9.17, 15) is 9.59 Å². The first kappa shape index (κ1) is 57.3. The van der Waals surface area contributed by atoms with Crippen LogP contribution in [0, 0.1) is 0 Å². The van der Waals surface area contributed by atoms with E-state index >= 15 is 0 Å². The molecule has 0 amide bonds. The van der Waals surface area contributed by atoms with Gasteiger partial charge in [-0.1, -0.05) is 209 Å². The molecular weight excluding hydrogens is 741 g/mol. The van der Waals surface area contributed by atoms with E-state index in [1.807, 2.05) is 0 Å². The van der Waals surface area contributed by atoms with Crippen molar-refractivity contribution in [2.45, 2.75) is 245 Å². The minimum atomic E-state index is -0.543. The number of rotatable bonds is 46. The summed E-state index contributed by atoms with van der Waals surface area (Å²) in [6.07, 6.45) is 64.9. The lowest BCUT2D eigenvalue weighted by Gasteiger charge is -2.18. The number of ether oxygens (including phenoxy) is 3. The van der Waals surface area contributed by atoms with Crippen molar-refractivity contribution in [1.82, 2.24) is 0 Å². The molecule has 0 N–H and O–H groups in total. The Hall–Kier alpha value is -2.66. The highest BCUT2D eigenvalue weighted by molar-refractivity contribution is 5.70. The van der Waals surface area contributed by atoms with Crippen LogP contribution in [0.25, 0.3) is 0 Å². The Bertz CT molecular complexity index is 1080. The van der Waals surface area contributed by atoms with Gasteiger partial charge in [0.15, 0.2) is 6.10 Å². The Morgan fingerprint density at radius 2 is 0.750 bits per heavy atom. The van der Waals surface area contributed by atoms with Gasteiger partial charge >= 0.3 is 11.9 Å². The average molecular weight is 837 g/mol. The zero-order chi connectivity index (χ0) is 43.5. The van der Waals surface area contributed by atoms with Crippen LogP contribution >= 0.6 is 0 Å². The van der Waals surface area contributed by atoms with E-state index < -0.39 is 6.10 Å². The molecule has 0 saturated heterocycles. The summed E-state index contributed by atoms with van der Waals surface area (Å²) >= 11 is 0. The summed E-state index contributed by atoms with van der Waals surface area (Å²) in [6.45, 7) is 7.63. The van der Waals surface area contributed by atoms with Gasteiger partial charge in [-0.3, -0.25) is 9.59 Å². The first-order chi connectivity index (χ1) is 29.6. The third kappa shape index (κ3) is 48.0. The van der Waals surface area contributed by atoms with Crippen LogP contribution in [0.15, 0.2) is 72.9 Å². The predicted octanol–water partition coefficient (Wildman–Crippen LogP) is 17.1. The lowest BCUT2D eigenvalue weighted by Crippen LogP contribution is -2.30. The molecule has 0 radical (unpaired) electrons. The van der Waals surface area contributed by atoms with E-state index in [2.05, 4.69) is 93.7 Å². The van der Waals surface area contributed by atoms with Crippen LogP contribution in [0.4, 0.5) is 0 Å². The molecule has 0 aromatic carbocycles. The fraction of sp³-hybridized carbons (Fsp3) is 0.745. The van der Waals surface area contributed by atoms with Crippen molar-refractivity contribution in [3.05, 3.63) is 72.9 Å². The van der Waals surface area contributed by atoms with E-state index in [1.54, 1.807) is 0 Å². The van der Waals surface area contributed by atoms with Gasteiger partial charge in [-0.25, -0.2) is 0 Å². The van der Waals surface area contributed by atoms with Crippen LogP contribution in [0.3, 0.4) is 0 Å². The molecule has 0 aliphatic rings. The highest BCUT2D eigenvalue weighted by atomic mass is 16.6. The van der Waals surface area contributed by atoms with E-state index in [1.165, 1.54) is 128 Å². The number of esters is 2. The predicted molar refractivity (Wildman–Crippen MR) is 260 cm³/mol. The monoisotopic (exact) mass is 837 g/mol. The quantitative estimate of drug-likeness (QED) is 0.0347. The lowest BCUT2D eigenvalue weighted by atomic mass is 10.1. The third-order valence-corrected chi connectivity index (χ3v) is 10.7. The van der Waals surface area contributed by atoms with Crippen LogP contribution in [0.5, 0.6) is 0 Å². The fourth-order valence-corrected chi connectivity index (χ4v) is 6.94. The largest absolute Gasteiger partial charge is 0.462 e. The Labute approximate surface area is 372 Å². The minimum Gasteiger partial charge on any atom is -0.462 e. The number of carbonyl (C=O) groups is 2. The molecule has 346 valence electrons. The molecule has 5 nitrogen and oxygen atoms in total. The molecule has 1 atom stereocenters. The van der Waals surface area contributed by atoms with Gasteiger partial charge in [0, 0.05) is 19.4 Å². The van der Waals surface area contributed by atoms with Crippen molar-refractivity contribution in [1.29, 1.82) is 0 Å². The standard InChI is InChI=1S/C55H96O5/c1-4-7-10-13-16-18-20-22-24-26-27-28-30-32-34-36-38-41-44-47-50-58-51-53(60-55(57)49-46-43-39-15-12-9-6-3)52-59-54(56)48-45-42-40-37-35-33-31-29-25-23-21-19-17-14-11-8-5-2/h7,10,16-19,22-25,27-28,53H,4-6,8-9,11-15,20-21,26,29-52H2,1-3H3/b10-7-,18-16-,19-17-,24-22-,25-23-,28-27-. The summed E-state index contributed by atoms with van der Waals surface area (Å²) in [5.74, 6) is -0.416. The molecule has 0 fully saturated rings. The number of allylic oxidation sites excluding steroid dienone is 12. The maximum absolute atomic E-state index is 12.7. The number of carbonyl (C=O) groups excluding carboxylic acids is 2. The van der Waals surface area contributed by atoms with Gasteiger partial charge in [-0.2, -0.15) is 0 Å². The van der Waals surface area contributed by atoms with E-state index in [0.29, 0.717) is 19.4 Å². The second-order valence-corrected chi connectivity index (χ2v) is 16.7. The van der Waals surface area contributed by atoms with E-state index in [-0.39, 0.29) is 25.2 Å². The normalized spacial score (nSPS) is 12.8. The maximum Gasteiger partial charge on any atom is 0.306 e. The van der Waals surface area contributed by atoms with Crippen molar-refractivity contribution in [2.24, 2.45) is 0 Å². The van der Waals surface area contributed by atoms with Crippen LogP contribution in [-0.4, -0.2) is 37.9 Å². The zero-order valence-electron chi connectivity index (χ0n) is 39.7. The van der Waals surface area contributed by atoms with E-state index in [0.717, 1.165) is 77.0 Å². The van der Waals surface area contributed by atoms with E-state index in [4.69, 9.17) is 14.2 Å². The van der Waals surface area contributed by atoms with Gasteiger partial charge in [0.2, 0.25) is 0 Å². The highest BCUT2D eigenvalue weighted by Crippen LogP contribution is 2.14. The van der Waals surface area contributed by atoms with Crippen molar-refractivity contribution in [2.75, 3.05) is 19.8 Å². The van der Waals surface area contributed by atoms with Gasteiger partial charge in [0.25, 0.3) is 0 Å². The summed E-state index contributed by atoms with van der Waals surface area (Å²) in [5, 5.41) is 0. The van der Waals surface area contributed by atoms with Crippen LogP contribution in [-0.2, 0) is 23.8 Å². The molecule has 0 bridgehead atoms. The number of unbranched alkanes of at least 4 members (excludes halogenated alkanes) is 23. The molecule has 0 aliphatic carbocycles. The van der Waals surface area contributed by atoms with Crippen molar-refractivity contribution < 1.29 is 23.8 Å². The lowest BCUT2D eigenvalue weighted by molar-refractivity contribution is -0.163. The third-order valence-electron chi connectivity index (χ3n) is 10.7. The van der Waals surface area contributed by atoms with Gasteiger partial charge in [-0.15, -0.1) is 0 Å². The van der Waals surface area contributed by atoms with Crippen LogP contribution in [0.2, 0.25) is 0 Å². The molecule has 0 aromatic rings. The van der Waals surface area contributed by atoms with Gasteiger partial charge in [0.05, 0.1) is 6.61 Å². The Kier molecular flexibility index (Phi) is 48.4. The van der Waals surface area contributed by atoms with Crippen LogP contribution in [0.1, 0.15) is 239 Å². The Balaban J connectivity index is 4.14. The Morgan fingerprint density at radius 3 is 1.23 bits per heavy atom. The summed E-state index contributed by atoms with van der Waals surface area (Å²) < 4.78 is 17.3. The van der Waals surface area contributed by atoms with Crippen LogP contribution < -0.4 is 0 Å². The van der Waals surface area contributed by atoms with Crippen molar-refractivity contribution in [3.8, 4) is 0 Å². The summed E-state index contributed by atoms with van der Waals surface area (Å²) in [6, 6.07) is 0. The first-order valence-corrected chi connectivity index (χ1v) is 25.5.